The molecule has 0 spiro atoms. The van der Waals surface area contributed by atoms with Gasteiger partial charge in [-0.1, -0.05) is 72.3 Å². The number of amides is 1. The minimum absolute atomic E-state index is 0. The summed E-state index contributed by atoms with van der Waals surface area (Å²) in [6, 6.07) is 22.2. The van der Waals surface area contributed by atoms with Crippen molar-refractivity contribution in [3.05, 3.63) is 107 Å². The fourth-order valence-electron chi connectivity index (χ4n) is 3.80. The van der Waals surface area contributed by atoms with Gasteiger partial charge in [0.05, 0.1) is 5.56 Å². The van der Waals surface area contributed by atoms with Crippen LogP contribution in [0.4, 0.5) is 13.2 Å². The maximum absolute atomic E-state index is 12.9. The lowest BCUT2D eigenvalue weighted by molar-refractivity contribution is -0.137. The Morgan fingerprint density at radius 2 is 1.58 bits per heavy atom. The highest BCUT2D eigenvalue weighted by molar-refractivity contribution is 5.86. The zero-order valence-corrected chi connectivity index (χ0v) is 19.3. The Morgan fingerprint density at radius 1 is 0.939 bits per heavy atom. The molecule has 2 atom stereocenters. The van der Waals surface area contributed by atoms with E-state index >= 15 is 0 Å². The van der Waals surface area contributed by atoms with Gasteiger partial charge in [-0.25, -0.2) is 0 Å². The van der Waals surface area contributed by atoms with E-state index in [1.54, 1.807) is 6.92 Å². The second kappa shape index (κ2) is 10.9. The lowest BCUT2D eigenvalue weighted by atomic mass is 9.87. The second-order valence-electron chi connectivity index (χ2n) is 8.20. The highest BCUT2D eigenvalue weighted by atomic mass is 35.5. The van der Waals surface area contributed by atoms with Crippen LogP contribution in [0.5, 0.6) is 0 Å². The molecule has 33 heavy (non-hydrogen) atoms. The van der Waals surface area contributed by atoms with Crippen LogP contribution >= 0.6 is 12.4 Å². The second-order valence-corrected chi connectivity index (χ2v) is 8.20. The Kier molecular flexibility index (Phi) is 8.69. The van der Waals surface area contributed by atoms with Gasteiger partial charge in [0.15, 0.2) is 0 Å². The standard InChI is InChI=1S/C26H27F3N2O.ClH/c1-18-7-6-8-20(17-18)23(16-13-19-11-14-22(15-12-19)26(27,28)29)31-25(2,24(30)32)21-9-4-3-5-10-21;/h3-12,14-15,17,23,31H,13,16H2,1-2H3,(H2,30,32);1H/t23-,25?;/m0./s1. The first-order valence-electron chi connectivity index (χ1n) is 10.5. The number of carbonyl (C=O) groups is 1. The van der Waals surface area contributed by atoms with Crippen molar-refractivity contribution in [2.45, 2.75) is 44.4 Å². The Balaban J connectivity index is 0.00000385. The number of primary amides is 1. The zero-order valence-electron chi connectivity index (χ0n) is 18.5. The van der Waals surface area contributed by atoms with Crippen molar-refractivity contribution < 1.29 is 18.0 Å². The minimum Gasteiger partial charge on any atom is -0.368 e. The molecule has 0 aliphatic carbocycles. The molecule has 0 fully saturated rings. The molecule has 1 unspecified atom stereocenters. The van der Waals surface area contributed by atoms with Crippen molar-refractivity contribution in [2.75, 3.05) is 0 Å². The quantitative estimate of drug-likeness (QED) is 0.412. The summed E-state index contributed by atoms with van der Waals surface area (Å²) in [7, 11) is 0. The third kappa shape index (κ3) is 6.59. The lowest BCUT2D eigenvalue weighted by Crippen LogP contribution is -2.51. The highest BCUT2D eigenvalue weighted by Crippen LogP contribution is 2.31. The van der Waals surface area contributed by atoms with Crippen LogP contribution in [0, 0.1) is 6.92 Å². The van der Waals surface area contributed by atoms with Crippen LogP contribution in [0.3, 0.4) is 0 Å². The summed E-state index contributed by atoms with van der Waals surface area (Å²) in [5.41, 5.74) is 7.63. The molecule has 1 amide bonds. The molecule has 0 aromatic heterocycles. The first-order chi connectivity index (χ1) is 15.1. The van der Waals surface area contributed by atoms with Crippen LogP contribution in [0.2, 0.25) is 0 Å². The summed E-state index contributed by atoms with van der Waals surface area (Å²) in [6.07, 6.45) is -3.25. The molecule has 0 aliphatic rings. The van der Waals surface area contributed by atoms with E-state index in [1.807, 2.05) is 61.5 Å². The highest BCUT2D eigenvalue weighted by Gasteiger charge is 2.35. The summed E-state index contributed by atoms with van der Waals surface area (Å²) < 4.78 is 38.6. The summed E-state index contributed by atoms with van der Waals surface area (Å²) in [5.74, 6) is -0.504. The van der Waals surface area contributed by atoms with Crippen LogP contribution in [0.15, 0.2) is 78.9 Å². The molecule has 0 saturated heterocycles. The first kappa shape index (κ1) is 26.4. The van der Waals surface area contributed by atoms with Gasteiger partial charge in [0.25, 0.3) is 0 Å². The molecule has 0 bridgehead atoms. The van der Waals surface area contributed by atoms with Crippen molar-refractivity contribution in [2.24, 2.45) is 5.73 Å². The maximum Gasteiger partial charge on any atom is 0.416 e. The number of hydrogen-bond donors (Lipinski definition) is 2. The monoisotopic (exact) mass is 476 g/mol. The van der Waals surface area contributed by atoms with E-state index < -0.39 is 23.2 Å². The largest absolute Gasteiger partial charge is 0.416 e. The molecule has 0 heterocycles. The molecule has 3 aromatic carbocycles. The maximum atomic E-state index is 12.9. The molecule has 0 aliphatic heterocycles. The van der Waals surface area contributed by atoms with Crippen molar-refractivity contribution >= 4 is 18.3 Å². The summed E-state index contributed by atoms with van der Waals surface area (Å²) in [6.45, 7) is 3.74. The number of nitrogens with one attached hydrogen (secondary N) is 1. The SMILES string of the molecule is Cc1cccc([C@H](CCc2ccc(C(F)(F)F)cc2)NC(C)(C(N)=O)c2ccccc2)c1.Cl. The molecular weight excluding hydrogens is 449 g/mol. The Hall–Kier alpha value is -2.83. The number of rotatable bonds is 8. The average molecular weight is 477 g/mol. The van der Waals surface area contributed by atoms with Crippen LogP contribution in [0.25, 0.3) is 0 Å². The summed E-state index contributed by atoms with van der Waals surface area (Å²) in [4.78, 5) is 12.5. The Labute approximate surface area is 198 Å². The van der Waals surface area contributed by atoms with Crippen molar-refractivity contribution in [3.63, 3.8) is 0 Å². The molecule has 3 aromatic rings. The summed E-state index contributed by atoms with van der Waals surface area (Å²) >= 11 is 0. The van der Waals surface area contributed by atoms with Gasteiger partial charge in [0.1, 0.15) is 5.54 Å². The molecule has 176 valence electrons. The van der Waals surface area contributed by atoms with Crippen LogP contribution < -0.4 is 11.1 Å². The van der Waals surface area contributed by atoms with Gasteiger partial charge in [-0.05, 0) is 55.5 Å². The predicted molar refractivity (Wildman–Crippen MR) is 127 cm³/mol. The van der Waals surface area contributed by atoms with Crippen LogP contribution in [-0.4, -0.2) is 5.91 Å². The fourth-order valence-corrected chi connectivity index (χ4v) is 3.80. The number of nitrogens with two attached hydrogens (primary N) is 1. The number of hydrogen-bond acceptors (Lipinski definition) is 2. The van der Waals surface area contributed by atoms with E-state index in [9.17, 15) is 18.0 Å². The van der Waals surface area contributed by atoms with E-state index in [2.05, 4.69) is 5.32 Å². The van der Waals surface area contributed by atoms with E-state index in [4.69, 9.17) is 5.73 Å². The number of benzene rings is 3. The molecule has 7 heteroatoms. The molecule has 0 saturated carbocycles. The summed E-state index contributed by atoms with van der Waals surface area (Å²) in [5, 5.41) is 3.44. The Bertz CT molecular complexity index is 1060. The third-order valence-corrected chi connectivity index (χ3v) is 5.75. The van der Waals surface area contributed by atoms with Crippen molar-refractivity contribution in [1.29, 1.82) is 0 Å². The first-order valence-corrected chi connectivity index (χ1v) is 10.5. The molecule has 3 N–H and O–H groups in total. The molecule has 0 radical (unpaired) electrons. The fraction of sp³-hybridized carbons (Fsp3) is 0.269. The van der Waals surface area contributed by atoms with Gasteiger partial charge in [-0.3, -0.25) is 10.1 Å². The normalized spacial score (nSPS) is 14.1. The van der Waals surface area contributed by atoms with Gasteiger partial charge in [0.2, 0.25) is 5.91 Å². The lowest BCUT2D eigenvalue weighted by Gasteiger charge is -2.33. The van der Waals surface area contributed by atoms with Crippen molar-refractivity contribution in [1.82, 2.24) is 5.32 Å². The van der Waals surface area contributed by atoms with Gasteiger partial charge in [0, 0.05) is 6.04 Å². The molecule has 3 rings (SSSR count). The van der Waals surface area contributed by atoms with Gasteiger partial charge >= 0.3 is 6.18 Å². The third-order valence-electron chi connectivity index (χ3n) is 5.75. The number of alkyl halides is 3. The van der Waals surface area contributed by atoms with E-state index in [-0.39, 0.29) is 18.4 Å². The van der Waals surface area contributed by atoms with Gasteiger partial charge in [-0.2, -0.15) is 13.2 Å². The Morgan fingerprint density at radius 3 is 2.12 bits per heavy atom. The van der Waals surface area contributed by atoms with Gasteiger partial charge in [-0.15, -0.1) is 12.4 Å². The molecular formula is C26H28ClF3N2O. The van der Waals surface area contributed by atoms with Crippen LogP contribution in [0.1, 0.15) is 47.2 Å². The smallest absolute Gasteiger partial charge is 0.368 e. The number of aryl methyl sites for hydroxylation is 2. The van der Waals surface area contributed by atoms with Crippen molar-refractivity contribution in [3.8, 4) is 0 Å². The topological polar surface area (TPSA) is 55.1 Å². The van der Waals surface area contributed by atoms with Crippen LogP contribution in [-0.2, 0) is 22.9 Å². The number of halogens is 4. The molecule has 3 nitrogen and oxygen atoms in total. The predicted octanol–water partition coefficient (Wildman–Crippen LogP) is 6.10. The van der Waals surface area contributed by atoms with E-state index in [0.29, 0.717) is 12.8 Å². The minimum atomic E-state index is -4.36. The zero-order chi connectivity index (χ0) is 23.4. The number of carbonyl (C=O) groups excluding carboxylic acids is 1. The van der Waals surface area contributed by atoms with E-state index in [1.165, 1.54) is 12.1 Å². The van der Waals surface area contributed by atoms with E-state index in [0.717, 1.165) is 34.4 Å². The van der Waals surface area contributed by atoms with Gasteiger partial charge < -0.3 is 5.73 Å². The average Bonchev–Trinajstić information content (AvgIpc) is 2.76.